The lowest BCUT2D eigenvalue weighted by Gasteiger charge is -2.10. The number of rotatable bonds is 5. The zero-order chi connectivity index (χ0) is 18.6. The summed E-state index contributed by atoms with van der Waals surface area (Å²) in [6.07, 6.45) is 5.24. The number of imidazole rings is 1. The fraction of sp³-hybridized carbons (Fsp3) is 0.143. The highest BCUT2D eigenvalue weighted by Gasteiger charge is 2.13. The van der Waals surface area contributed by atoms with Crippen molar-refractivity contribution in [3.8, 4) is 11.4 Å². The number of hydrogen-bond donors (Lipinski definition) is 1. The molecule has 3 heterocycles. The van der Waals surface area contributed by atoms with Crippen molar-refractivity contribution in [1.29, 1.82) is 0 Å². The molecule has 0 spiro atoms. The van der Waals surface area contributed by atoms with Gasteiger partial charge in [-0.2, -0.15) is 0 Å². The predicted octanol–water partition coefficient (Wildman–Crippen LogP) is 3.23. The van der Waals surface area contributed by atoms with Gasteiger partial charge in [-0.15, -0.1) is 0 Å². The van der Waals surface area contributed by atoms with Gasteiger partial charge in [-0.1, -0.05) is 17.7 Å². The van der Waals surface area contributed by atoms with Crippen molar-refractivity contribution in [3.63, 3.8) is 0 Å². The highest BCUT2D eigenvalue weighted by Crippen LogP contribution is 2.22. The zero-order valence-electron chi connectivity index (χ0n) is 15.0. The smallest absolute Gasteiger partial charge is 0.251 e. The average molecular weight is 357 g/mol. The fourth-order valence-electron chi connectivity index (χ4n) is 2.98. The maximum absolute atomic E-state index is 12.3. The van der Waals surface area contributed by atoms with Gasteiger partial charge in [-0.05, 0) is 43.3 Å². The van der Waals surface area contributed by atoms with E-state index in [0.29, 0.717) is 18.7 Å². The number of aryl methyl sites for hydroxylation is 1. The molecule has 6 nitrogen and oxygen atoms in total. The van der Waals surface area contributed by atoms with E-state index in [0.717, 1.165) is 28.1 Å². The highest BCUT2D eigenvalue weighted by atomic mass is 16.1. The van der Waals surface area contributed by atoms with E-state index < -0.39 is 0 Å². The van der Waals surface area contributed by atoms with Crippen molar-refractivity contribution in [1.82, 2.24) is 24.8 Å². The van der Waals surface area contributed by atoms with Gasteiger partial charge in [-0.25, -0.2) is 9.97 Å². The van der Waals surface area contributed by atoms with E-state index in [1.165, 1.54) is 0 Å². The van der Waals surface area contributed by atoms with Gasteiger partial charge in [0.05, 0.1) is 0 Å². The molecule has 3 aromatic heterocycles. The molecule has 1 amide bonds. The number of carbonyl (C=O) groups excluding carboxylic acids is 1. The van der Waals surface area contributed by atoms with E-state index in [1.54, 1.807) is 18.6 Å². The summed E-state index contributed by atoms with van der Waals surface area (Å²) < 4.78 is 2.03. The molecule has 0 aliphatic carbocycles. The largest absolute Gasteiger partial charge is 0.350 e. The van der Waals surface area contributed by atoms with Gasteiger partial charge in [0.2, 0.25) is 0 Å². The second kappa shape index (κ2) is 7.37. The summed E-state index contributed by atoms with van der Waals surface area (Å²) >= 11 is 0. The van der Waals surface area contributed by atoms with Gasteiger partial charge >= 0.3 is 0 Å². The van der Waals surface area contributed by atoms with Crippen molar-refractivity contribution in [2.75, 3.05) is 6.54 Å². The van der Waals surface area contributed by atoms with Crippen molar-refractivity contribution in [2.45, 2.75) is 13.5 Å². The van der Waals surface area contributed by atoms with Crippen LogP contribution >= 0.6 is 0 Å². The summed E-state index contributed by atoms with van der Waals surface area (Å²) in [7, 11) is 0. The van der Waals surface area contributed by atoms with E-state index in [1.807, 2.05) is 60.0 Å². The lowest BCUT2D eigenvalue weighted by atomic mass is 10.1. The monoisotopic (exact) mass is 357 g/mol. The predicted molar refractivity (Wildman–Crippen MR) is 104 cm³/mol. The molecule has 1 aromatic carbocycles. The van der Waals surface area contributed by atoms with Crippen LogP contribution in [0.15, 0.2) is 67.1 Å². The first-order chi connectivity index (χ1) is 13.2. The van der Waals surface area contributed by atoms with E-state index in [-0.39, 0.29) is 5.91 Å². The minimum Gasteiger partial charge on any atom is -0.350 e. The molecule has 6 heteroatoms. The third-order valence-corrected chi connectivity index (χ3v) is 4.38. The molecule has 0 aliphatic heterocycles. The first-order valence-corrected chi connectivity index (χ1v) is 8.79. The highest BCUT2D eigenvalue weighted by molar-refractivity contribution is 5.94. The SMILES string of the molecule is Cc1ccc(C(=O)NCCn2c(-c3ccncc3)nc3cccnc32)cc1. The van der Waals surface area contributed by atoms with Gasteiger partial charge < -0.3 is 9.88 Å². The maximum atomic E-state index is 12.3. The molecule has 4 rings (SSSR count). The summed E-state index contributed by atoms with van der Waals surface area (Å²) in [6.45, 7) is 3.05. The Labute approximate surface area is 156 Å². The van der Waals surface area contributed by atoms with E-state index >= 15 is 0 Å². The summed E-state index contributed by atoms with van der Waals surface area (Å²) in [5.74, 6) is 0.730. The van der Waals surface area contributed by atoms with Crippen LogP contribution in [-0.2, 0) is 6.54 Å². The number of aromatic nitrogens is 4. The molecule has 1 N–H and O–H groups in total. The molecule has 0 unspecified atom stereocenters. The number of amides is 1. The number of nitrogens with one attached hydrogen (secondary N) is 1. The van der Waals surface area contributed by atoms with Gasteiger partial charge in [-0.3, -0.25) is 9.78 Å². The average Bonchev–Trinajstić information content (AvgIpc) is 3.08. The third-order valence-electron chi connectivity index (χ3n) is 4.38. The van der Waals surface area contributed by atoms with E-state index in [9.17, 15) is 4.79 Å². The number of benzene rings is 1. The van der Waals surface area contributed by atoms with Crippen molar-refractivity contribution in [2.24, 2.45) is 0 Å². The summed E-state index contributed by atoms with van der Waals surface area (Å²) in [6, 6.07) is 15.2. The van der Waals surface area contributed by atoms with E-state index in [4.69, 9.17) is 4.98 Å². The Morgan fingerprint density at radius 1 is 1.04 bits per heavy atom. The molecule has 0 aliphatic rings. The number of hydrogen-bond acceptors (Lipinski definition) is 4. The van der Waals surface area contributed by atoms with Crippen molar-refractivity contribution >= 4 is 17.1 Å². The number of fused-ring (bicyclic) bond motifs is 1. The molecule has 4 aromatic rings. The molecule has 134 valence electrons. The standard InChI is InChI=1S/C21H19N5O/c1-15-4-6-17(7-5-15)21(27)24-13-14-26-19(16-8-11-22-12-9-16)25-18-3-2-10-23-20(18)26/h2-12H,13-14H2,1H3,(H,24,27). The van der Waals surface area contributed by atoms with Crippen LogP contribution in [0.1, 0.15) is 15.9 Å². The van der Waals surface area contributed by atoms with Crippen molar-refractivity contribution in [3.05, 3.63) is 78.2 Å². The minimum atomic E-state index is -0.0853. The van der Waals surface area contributed by atoms with Gasteiger partial charge in [0.1, 0.15) is 11.3 Å². The fourth-order valence-corrected chi connectivity index (χ4v) is 2.98. The Morgan fingerprint density at radius 2 is 1.81 bits per heavy atom. The van der Waals surface area contributed by atoms with Crippen LogP contribution in [0.25, 0.3) is 22.6 Å². The Bertz CT molecular complexity index is 1070. The molecule has 0 radical (unpaired) electrons. The van der Waals surface area contributed by atoms with E-state index in [2.05, 4.69) is 15.3 Å². The molecule has 27 heavy (non-hydrogen) atoms. The lowest BCUT2D eigenvalue weighted by Crippen LogP contribution is -2.27. The molecule has 0 bridgehead atoms. The third kappa shape index (κ3) is 3.55. The summed E-state index contributed by atoms with van der Waals surface area (Å²) in [4.78, 5) is 25.6. The van der Waals surface area contributed by atoms with Crippen LogP contribution in [0, 0.1) is 6.92 Å². The zero-order valence-corrected chi connectivity index (χ0v) is 15.0. The first-order valence-electron chi connectivity index (χ1n) is 8.79. The Hall–Kier alpha value is -3.54. The minimum absolute atomic E-state index is 0.0853. The van der Waals surface area contributed by atoms with Crippen LogP contribution in [0.2, 0.25) is 0 Å². The number of pyridine rings is 2. The molecular weight excluding hydrogens is 338 g/mol. The van der Waals surface area contributed by atoms with Crippen LogP contribution in [0.5, 0.6) is 0 Å². The normalized spacial score (nSPS) is 10.9. The van der Waals surface area contributed by atoms with Crippen LogP contribution in [-0.4, -0.2) is 32.0 Å². The van der Waals surface area contributed by atoms with Crippen molar-refractivity contribution < 1.29 is 4.79 Å². The van der Waals surface area contributed by atoms with Crippen LogP contribution < -0.4 is 5.32 Å². The maximum Gasteiger partial charge on any atom is 0.251 e. The number of nitrogens with zero attached hydrogens (tertiary/aromatic N) is 4. The first kappa shape index (κ1) is 16.9. The quantitative estimate of drug-likeness (QED) is 0.595. The Kier molecular flexibility index (Phi) is 4.61. The lowest BCUT2D eigenvalue weighted by molar-refractivity contribution is 0.0952. The molecule has 0 atom stereocenters. The molecule has 0 fully saturated rings. The molecular formula is C21H19N5O. The van der Waals surface area contributed by atoms with Gasteiger partial charge in [0.15, 0.2) is 5.65 Å². The molecule has 0 saturated heterocycles. The van der Waals surface area contributed by atoms with Gasteiger partial charge in [0, 0.05) is 42.8 Å². The van der Waals surface area contributed by atoms with Crippen LogP contribution in [0.4, 0.5) is 0 Å². The second-order valence-electron chi connectivity index (χ2n) is 6.29. The molecule has 0 saturated carbocycles. The Morgan fingerprint density at radius 3 is 2.59 bits per heavy atom. The van der Waals surface area contributed by atoms with Gasteiger partial charge in [0.25, 0.3) is 5.91 Å². The summed E-state index contributed by atoms with van der Waals surface area (Å²) in [5, 5.41) is 2.97. The topological polar surface area (TPSA) is 72.7 Å². The van der Waals surface area contributed by atoms with Crippen LogP contribution in [0.3, 0.4) is 0 Å². The summed E-state index contributed by atoms with van der Waals surface area (Å²) in [5.41, 5.74) is 4.38. The second-order valence-corrected chi connectivity index (χ2v) is 6.29. The Balaban J connectivity index is 1.56. The number of carbonyl (C=O) groups is 1.